The van der Waals surface area contributed by atoms with Crippen LogP contribution in [0.5, 0.6) is 0 Å². The summed E-state index contributed by atoms with van der Waals surface area (Å²) >= 11 is 0. The van der Waals surface area contributed by atoms with Crippen molar-refractivity contribution in [3.05, 3.63) is 54.5 Å². The zero-order valence-electron chi connectivity index (χ0n) is 10.2. The molecule has 6 nitrogen and oxygen atoms in total. The van der Waals surface area contributed by atoms with Crippen molar-refractivity contribution < 1.29 is 25.9 Å². The van der Waals surface area contributed by atoms with Crippen LogP contribution in [0.1, 0.15) is 0 Å². The molecule has 0 fully saturated rings. The van der Waals surface area contributed by atoms with E-state index in [-0.39, 0.29) is 4.90 Å². The Kier molecular flexibility index (Phi) is 5.01. The van der Waals surface area contributed by atoms with E-state index in [4.69, 9.17) is 9.11 Å². The maximum absolute atomic E-state index is 11.0. The summed E-state index contributed by atoms with van der Waals surface area (Å²) in [4.78, 5) is -0.0457. The lowest BCUT2D eigenvalue weighted by Crippen LogP contribution is -1.98. The highest BCUT2D eigenvalue weighted by Gasteiger charge is 2.12. The molecule has 0 spiro atoms. The molecule has 2 N–H and O–H groups in total. The molecule has 0 unspecified atom stereocenters. The molecule has 0 heterocycles. The molecule has 2 aromatic rings. The van der Waals surface area contributed by atoms with Crippen LogP contribution < -0.4 is 0 Å². The van der Waals surface area contributed by atoms with Crippen LogP contribution in [0.4, 0.5) is 0 Å². The summed E-state index contributed by atoms with van der Waals surface area (Å²) in [5.41, 5.74) is 0. The Balaban J connectivity index is 0.000000286. The van der Waals surface area contributed by atoms with E-state index >= 15 is 0 Å². The van der Waals surface area contributed by atoms with E-state index in [1.165, 1.54) is 6.07 Å². The first-order valence-electron chi connectivity index (χ1n) is 5.20. The Bertz CT molecular complexity index is 805. The van der Waals surface area contributed by atoms with Gasteiger partial charge in [-0.15, -0.1) is 0 Å². The number of fused-ring (bicyclic) bond motifs is 1. The van der Waals surface area contributed by atoms with Gasteiger partial charge in [0.1, 0.15) is 4.90 Å². The van der Waals surface area contributed by atoms with Gasteiger partial charge in [0.05, 0.1) is 5.41 Å². The second-order valence-electron chi connectivity index (χ2n) is 3.63. The van der Waals surface area contributed by atoms with Crippen LogP contribution in [-0.2, 0) is 20.2 Å². The number of rotatable bonds is 2. The minimum atomic E-state index is -4.13. The predicted molar refractivity (Wildman–Crippen MR) is 75.5 cm³/mol. The molecule has 2 aromatic carbocycles. The molecule has 0 aliphatic heterocycles. The van der Waals surface area contributed by atoms with E-state index in [9.17, 15) is 16.8 Å². The normalized spacial score (nSPS) is 11.5. The van der Waals surface area contributed by atoms with Gasteiger partial charge in [0, 0.05) is 5.39 Å². The van der Waals surface area contributed by atoms with Gasteiger partial charge in [0.2, 0.25) is 0 Å². The Morgan fingerprint density at radius 3 is 1.90 bits per heavy atom. The molecule has 0 saturated heterocycles. The monoisotopic (exact) mass is 316 g/mol. The molecule has 8 heteroatoms. The molecule has 0 aliphatic carbocycles. The molecule has 20 heavy (non-hydrogen) atoms. The quantitative estimate of drug-likeness (QED) is 0.821. The topological polar surface area (TPSA) is 109 Å². The third-order valence-electron chi connectivity index (χ3n) is 2.24. The number of hydrogen-bond acceptors (Lipinski definition) is 4. The lowest BCUT2D eigenvalue weighted by Gasteiger charge is -2.02. The van der Waals surface area contributed by atoms with Gasteiger partial charge in [-0.2, -0.15) is 16.8 Å². The first-order chi connectivity index (χ1) is 9.15. The number of benzene rings is 2. The minimum Gasteiger partial charge on any atom is -0.282 e. The standard InChI is InChI=1S/C10H8O3S.C2H4O3S/c11-14(12,13)10-7-3-5-8-4-1-2-6-9(8)10;1-2-6(3,4)5/h1-7H,(H,11,12,13);2H,1H2,(H,3,4,5). The van der Waals surface area contributed by atoms with Gasteiger partial charge in [-0.25, -0.2) is 0 Å². The third kappa shape index (κ3) is 4.74. The molecule has 0 radical (unpaired) electrons. The van der Waals surface area contributed by atoms with Crippen molar-refractivity contribution in [3.63, 3.8) is 0 Å². The van der Waals surface area contributed by atoms with E-state index < -0.39 is 20.2 Å². The molecular formula is C12H12O6S2. The molecule has 2 rings (SSSR count). The lowest BCUT2D eigenvalue weighted by molar-refractivity contribution is 0.483. The van der Waals surface area contributed by atoms with Crippen molar-refractivity contribution in [3.8, 4) is 0 Å². The van der Waals surface area contributed by atoms with E-state index in [2.05, 4.69) is 6.58 Å². The fraction of sp³-hybridized carbons (Fsp3) is 0. The van der Waals surface area contributed by atoms with E-state index in [0.717, 1.165) is 5.39 Å². The van der Waals surface area contributed by atoms with Crippen molar-refractivity contribution in [2.45, 2.75) is 4.90 Å². The maximum atomic E-state index is 11.0. The highest BCUT2D eigenvalue weighted by atomic mass is 32.2. The zero-order valence-corrected chi connectivity index (χ0v) is 11.8. The molecule has 0 atom stereocenters. The van der Waals surface area contributed by atoms with Gasteiger partial charge in [-0.1, -0.05) is 43.0 Å². The van der Waals surface area contributed by atoms with E-state index in [1.54, 1.807) is 30.3 Å². The van der Waals surface area contributed by atoms with Crippen LogP contribution >= 0.6 is 0 Å². The molecule has 0 saturated carbocycles. The summed E-state index contributed by atoms with van der Waals surface area (Å²) in [6, 6.07) is 11.8. The summed E-state index contributed by atoms with van der Waals surface area (Å²) in [6.45, 7) is 2.79. The zero-order chi connectivity index (χ0) is 15.4. The van der Waals surface area contributed by atoms with E-state index in [1.807, 2.05) is 6.07 Å². The highest BCUT2D eigenvalue weighted by molar-refractivity contribution is 7.88. The van der Waals surface area contributed by atoms with Crippen molar-refractivity contribution in [1.82, 2.24) is 0 Å². The van der Waals surface area contributed by atoms with Crippen molar-refractivity contribution >= 4 is 31.0 Å². The largest absolute Gasteiger partial charge is 0.295 e. The SMILES string of the molecule is C=CS(=O)(=O)O.O=S(=O)(O)c1cccc2ccccc12. The first kappa shape index (κ1) is 16.3. The second-order valence-corrected chi connectivity index (χ2v) is 6.39. The molecule has 0 aliphatic rings. The molecular weight excluding hydrogens is 304 g/mol. The molecule has 0 aromatic heterocycles. The summed E-state index contributed by atoms with van der Waals surface area (Å²) < 4.78 is 57.5. The van der Waals surface area contributed by atoms with Crippen LogP contribution in [0.25, 0.3) is 10.8 Å². The van der Waals surface area contributed by atoms with Crippen LogP contribution in [0.15, 0.2) is 59.3 Å². The summed E-state index contributed by atoms with van der Waals surface area (Å²) in [5, 5.41) is 1.80. The van der Waals surface area contributed by atoms with Crippen molar-refractivity contribution in [2.24, 2.45) is 0 Å². The third-order valence-corrected chi connectivity index (χ3v) is 3.57. The second kappa shape index (κ2) is 6.14. The smallest absolute Gasteiger partial charge is 0.282 e. The van der Waals surface area contributed by atoms with Gasteiger partial charge in [0.25, 0.3) is 20.2 Å². The summed E-state index contributed by atoms with van der Waals surface area (Å²) in [5.74, 6) is 0. The molecule has 0 bridgehead atoms. The predicted octanol–water partition coefficient (Wildman–Crippen LogP) is 2.10. The van der Waals surface area contributed by atoms with Gasteiger partial charge >= 0.3 is 0 Å². The van der Waals surface area contributed by atoms with Crippen LogP contribution in [0.3, 0.4) is 0 Å². The summed E-state index contributed by atoms with van der Waals surface area (Å²) in [6.07, 6.45) is 0. The van der Waals surface area contributed by atoms with Crippen molar-refractivity contribution in [2.75, 3.05) is 0 Å². The Labute approximate surface area is 116 Å². The summed E-state index contributed by atoms with van der Waals surface area (Å²) in [7, 11) is -8.03. The van der Waals surface area contributed by atoms with Crippen LogP contribution in [0.2, 0.25) is 0 Å². The average Bonchev–Trinajstić information content (AvgIpc) is 2.37. The Morgan fingerprint density at radius 1 is 0.900 bits per heavy atom. The van der Waals surface area contributed by atoms with E-state index in [0.29, 0.717) is 10.8 Å². The van der Waals surface area contributed by atoms with Gasteiger partial charge < -0.3 is 0 Å². The van der Waals surface area contributed by atoms with Crippen LogP contribution in [0, 0.1) is 0 Å². The first-order valence-corrected chi connectivity index (χ1v) is 8.14. The Morgan fingerprint density at radius 2 is 1.40 bits per heavy atom. The fourth-order valence-electron chi connectivity index (χ4n) is 1.42. The van der Waals surface area contributed by atoms with Gasteiger partial charge in [0.15, 0.2) is 0 Å². The molecule has 0 amide bonds. The fourth-order valence-corrected chi connectivity index (χ4v) is 2.13. The highest BCUT2D eigenvalue weighted by Crippen LogP contribution is 2.21. The van der Waals surface area contributed by atoms with Gasteiger partial charge in [-0.05, 0) is 11.5 Å². The molecule has 108 valence electrons. The Hall–Kier alpha value is -1.74. The lowest BCUT2D eigenvalue weighted by atomic mass is 10.1. The van der Waals surface area contributed by atoms with Gasteiger partial charge in [-0.3, -0.25) is 9.11 Å². The van der Waals surface area contributed by atoms with Crippen LogP contribution in [-0.4, -0.2) is 25.9 Å². The van der Waals surface area contributed by atoms with Crippen molar-refractivity contribution in [1.29, 1.82) is 0 Å². The number of hydrogen-bond donors (Lipinski definition) is 2. The maximum Gasteiger partial charge on any atom is 0.295 e. The average molecular weight is 316 g/mol. The minimum absolute atomic E-state index is 0.0457.